The number of benzene rings is 2. The first-order valence-corrected chi connectivity index (χ1v) is 8.06. The maximum Gasteiger partial charge on any atom is 0.486 e. The molecule has 0 heterocycles. The zero-order valence-corrected chi connectivity index (χ0v) is 12.6. The fraction of sp³-hybridized carbons (Fsp3) is 0.143. The smallest absolute Gasteiger partial charge is 0.409 e. The Hall–Kier alpha value is -1.48. The summed E-state index contributed by atoms with van der Waals surface area (Å²) in [5.41, 5.74) is 0.574. The molecule has 2 rings (SSSR count). The van der Waals surface area contributed by atoms with E-state index in [0.29, 0.717) is 16.5 Å². The second-order valence-electron chi connectivity index (χ2n) is 3.94. The van der Waals surface area contributed by atoms with E-state index in [1.165, 1.54) is 0 Å². The molecule has 0 aromatic heterocycles. The van der Waals surface area contributed by atoms with Gasteiger partial charge in [-0.25, -0.2) is 4.57 Å². The third kappa shape index (κ3) is 4.27. The molecule has 0 bridgehead atoms. The van der Waals surface area contributed by atoms with Crippen LogP contribution in [0.15, 0.2) is 54.6 Å². The molecular weight excluding hydrogens is 297 g/mol. The van der Waals surface area contributed by atoms with E-state index in [0.717, 1.165) is 0 Å². The summed E-state index contributed by atoms with van der Waals surface area (Å²) in [6.07, 6.45) is 0. The van der Waals surface area contributed by atoms with Crippen molar-refractivity contribution in [2.75, 3.05) is 11.7 Å². The third-order valence-corrected chi connectivity index (χ3v) is 4.17. The Morgan fingerprint density at radius 3 is 2.55 bits per heavy atom. The van der Waals surface area contributed by atoms with Crippen molar-refractivity contribution in [3.05, 3.63) is 59.6 Å². The molecule has 0 fully saturated rings. The summed E-state index contributed by atoms with van der Waals surface area (Å²) in [6, 6.07) is 15.8. The van der Waals surface area contributed by atoms with E-state index in [4.69, 9.17) is 20.6 Å². The van der Waals surface area contributed by atoms with Gasteiger partial charge in [0.05, 0.1) is 6.61 Å². The molecule has 0 aliphatic heterocycles. The second kappa shape index (κ2) is 6.80. The summed E-state index contributed by atoms with van der Waals surface area (Å²) in [5.74, 6) is 0.471. The SMILES string of the molecule is CCOP(=O)(Nc1cccc(Cl)c1)Oc1ccccc1. The average molecular weight is 312 g/mol. The van der Waals surface area contributed by atoms with Crippen LogP contribution in [-0.2, 0) is 9.09 Å². The van der Waals surface area contributed by atoms with Crippen molar-refractivity contribution in [2.45, 2.75) is 6.92 Å². The number of anilines is 1. The van der Waals surface area contributed by atoms with Crippen LogP contribution in [-0.4, -0.2) is 6.61 Å². The van der Waals surface area contributed by atoms with Crippen LogP contribution in [0.4, 0.5) is 5.69 Å². The Balaban J connectivity index is 2.19. The largest absolute Gasteiger partial charge is 0.486 e. The van der Waals surface area contributed by atoms with E-state index in [2.05, 4.69) is 5.09 Å². The molecule has 0 radical (unpaired) electrons. The van der Waals surface area contributed by atoms with Crippen LogP contribution < -0.4 is 9.61 Å². The zero-order valence-electron chi connectivity index (χ0n) is 11.0. The van der Waals surface area contributed by atoms with Crippen molar-refractivity contribution in [1.82, 2.24) is 0 Å². The highest BCUT2D eigenvalue weighted by molar-refractivity contribution is 7.55. The van der Waals surface area contributed by atoms with Crippen LogP contribution in [0.5, 0.6) is 5.75 Å². The molecule has 4 nitrogen and oxygen atoms in total. The first-order valence-electron chi connectivity index (χ1n) is 6.14. The van der Waals surface area contributed by atoms with Crippen LogP contribution in [0.1, 0.15) is 6.92 Å². The molecule has 6 heteroatoms. The van der Waals surface area contributed by atoms with Gasteiger partial charge in [-0.2, -0.15) is 0 Å². The lowest BCUT2D eigenvalue weighted by Gasteiger charge is -2.20. The lowest BCUT2D eigenvalue weighted by atomic mass is 10.3. The Labute approximate surface area is 123 Å². The topological polar surface area (TPSA) is 47.6 Å². The van der Waals surface area contributed by atoms with Gasteiger partial charge in [0.1, 0.15) is 5.75 Å². The molecular formula is C14H15ClNO3P. The molecule has 1 unspecified atom stereocenters. The maximum absolute atomic E-state index is 12.7. The molecule has 2 aromatic rings. The van der Waals surface area contributed by atoms with Crippen LogP contribution in [0, 0.1) is 0 Å². The molecule has 0 aliphatic rings. The monoisotopic (exact) mass is 311 g/mol. The Morgan fingerprint density at radius 1 is 1.15 bits per heavy atom. The van der Waals surface area contributed by atoms with Gasteiger partial charge < -0.3 is 4.52 Å². The summed E-state index contributed by atoms with van der Waals surface area (Å²) in [7, 11) is -3.49. The lowest BCUT2D eigenvalue weighted by molar-refractivity contribution is 0.284. The van der Waals surface area contributed by atoms with Crippen LogP contribution >= 0.6 is 19.3 Å². The van der Waals surface area contributed by atoms with Crippen molar-refractivity contribution >= 4 is 25.0 Å². The van der Waals surface area contributed by atoms with Crippen molar-refractivity contribution in [1.29, 1.82) is 0 Å². The minimum atomic E-state index is -3.49. The van der Waals surface area contributed by atoms with E-state index in [9.17, 15) is 4.57 Å². The van der Waals surface area contributed by atoms with Crippen molar-refractivity contribution in [3.63, 3.8) is 0 Å². The van der Waals surface area contributed by atoms with E-state index in [1.807, 2.05) is 6.07 Å². The van der Waals surface area contributed by atoms with Gasteiger partial charge in [0.2, 0.25) is 0 Å². The van der Waals surface area contributed by atoms with E-state index in [-0.39, 0.29) is 6.61 Å². The van der Waals surface area contributed by atoms with Crippen molar-refractivity contribution < 1.29 is 13.6 Å². The molecule has 0 spiro atoms. The average Bonchev–Trinajstić information content (AvgIpc) is 2.39. The van der Waals surface area contributed by atoms with Gasteiger partial charge >= 0.3 is 7.75 Å². The highest BCUT2D eigenvalue weighted by Crippen LogP contribution is 2.48. The van der Waals surface area contributed by atoms with E-state index >= 15 is 0 Å². The number of hydrogen-bond acceptors (Lipinski definition) is 3. The lowest BCUT2D eigenvalue weighted by Crippen LogP contribution is -2.07. The van der Waals surface area contributed by atoms with Gasteiger partial charge in [0.25, 0.3) is 0 Å². The molecule has 1 atom stereocenters. The van der Waals surface area contributed by atoms with Gasteiger partial charge in [0, 0.05) is 10.7 Å². The van der Waals surface area contributed by atoms with Crippen molar-refractivity contribution in [3.8, 4) is 5.75 Å². The Morgan fingerprint density at radius 2 is 1.90 bits per heavy atom. The minimum absolute atomic E-state index is 0.262. The van der Waals surface area contributed by atoms with Gasteiger partial charge in [-0.15, -0.1) is 0 Å². The van der Waals surface area contributed by atoms with Crippen molar-refractivity contribution in [2.24, 2.45) is 0 Å². The first kappa shape index (κ1) is 14.9. The van der Waals surface area contributed by atoms with Gasteiger partial charge in [-0.3, -0.25) is 9.61 Å². The molecule has 0 aliphatic carbocycles. The van der Waals surface area contributed by atoms with Gasteiger partial charge in [-0.05, 0) is 37.3 Å². The van der Waals surface area contributed by atoms with E-state index < -0.39 is 7.75 Å². The molecule has 20 heavy (non-hydrogen) atoms. The summed E-state index contributed by atoms with van der Waals surface area (Å²) in [5, 5.41) is 3.31. The Bertz CT molecular complexity index is 606. The molecule has 0 saturated heterocycles. The second-order valence-corrected chi connectivity index (χ2v) is 6.04. The molecule has 0 amide bonds. The summed E-state index contributed by atoms with van der Waals surface area (Å²) >= 11 is 5.90. The summed E-state index contributed by atoms with van der Waals surface area (Å²) in [6.45, 7) is 2.01. The number of halogens is 1. The highest BCUT2D eigenvalue weighted by Gasteiger charge is 2.26. The van der Waals surface area contributed by atoms with Gasteiger partial charge in [-0.1, -0.05) is 35.9 Å². The maximum atomic E-state index is 12.7. The van der Waals surface area contributed by atoms with Crippen LogP contribution in [0.2, 0.25) is 5.02 Å². The fourth-order valence-corrected chi connectivity index (χ4v) is 3.14. The predicted molar refractivity (Wildman–Crippen MR) is 81.4 cm³/mol. The molecule has 1 N–H and O–H groups in total. The quantitative estimate of drug-likeness (QED) is 0.765. The molecule has 106 valence electrons. The normalized spacial score (nSPS) is 13.5. The van der Waals surface area contributed by atoms with Gasteiger partial charge in [0.15, 0.2) is 0 Å². The summed E-state index contributed by atoms with van der Waals surface area (Å²) in [4.78, 5) is 0. The molecule has 0 saturated carbocycles. The van der Waals surface area contributed by atoms with Crippen LogP contribution in [0.3, 0.4) is 0 Å². The number of nitrogens with one attached hydrogen (secondary N) is 1. The first-order chi connectivity index (χ1) is 9.61. The minimum Gasteiger partial charge on any atom is -0.409 e. The number of para-hydroxylation sites is 1. The Kier molecular flexibility index (Phi) is 5.07. The number of rotatable bonds is 6. The standard InChI is InChI=1S/C14H15ClNO3P/c1-2-18-20(17,19-14-9-4-3-5-10-14)16-13-8-6-7-12(15)11-13/h3-11H,2H2,1H3,(H,16,17). The highest BCUT2D eigenvalue weighted by atomic mass is 35.5. The zero-order chi connectivity index (χ0) is 14.4. The third-order valence-electron chi connectivity index (χ3n) is 2.36. The van der Waals surface area contributed by atoms with E-state index in [1.54, 1.807) is 55.5 Å². The number of hydrogen-bond donors (Lipinski definition) is 1. The fourth-order valence-electron chi connectivity index (χ4n) is 1.59. The predicted octanol–water partition coefficient (Wildman–Crippen LogP) is 4.98. The summed E-state index contributed by atoms with van der Waals surface area (Å²) < 4.78 is 23.4. The molecule has 2 aromatic carbocycles. The van der Waals surface area contributed by atoms with Crippen LogP contribution in [0.25, 0.3) is 0 Å².